The molecule has 1 aromatic carbocycles. The average Bonchev–Trinajstić information content (AvgIpc) is 2.67. The topological polar surface area (TPSA) is 39.1 Å². The molecule has 0 aliphatic heterocycles. The molecule has 16 heavy (non-hydrogen) atoms. The third-order valence-corrected chi connectivity index (χ3v) is 2.60. The molecule has 0 radical (unpaired) electrons. The maximum Gasteiger partial charge on any atom is 0.0955 e. The number of aryl methyl sites for hydroxylation is 1. The van der Waals surface area contributed by atoms with E-state index >= 15 is 0 Å². The maximum atomic E-state index is 4.98. The van der Waals surface area contributed by atoms with Crippen molar-refractivity contribution in [3.63, 3.8) is 0 Å². The van der Waals surface area contributed by atoms with E-state index in [0.29, 0.717) is 0 Å². The minimum Gasteiger partial charge on any atom is -0.383 e. The normalized spacial score (nSPS) is 11.1. The number of aromatic nitrogens is 2. The molecule has 0 amide bonds. The fourth-order valence-corrected chi connectivity index (χ4v) is 1.69. The zero-order chi connectivity index (χ0) is 11.4. The van der Waals surface area contributed by atoms with E-state index in [9.17, 15) is 0 Å². The molecular weight excluding hydrogens is 202 g/mol. The highest BCUT2D eigenvalue weighted by Gasteiger charge is 2.00. The first kappa shape index (κ1) is 11.1. The SMILES string of the molecule is COCCNCc1ccc2ncn(C)c2c1. The highest BCUT2D eigenvalue weighted by molar-refractivity contribution is 5.75. The average molecular weight is 219 g/mol. The van der Waals surface area contributed by atoms with Crippen LogP contribution in [-0.2, 0) is 18.3 Å². The zero-order valence-electron chi connectivity index (χ0n) is 9.73. The molecule has 1 N–H and O–H groups in total. The summed E-state index contributed by atoms with van der Waals surface area (Å²) in [6.45, 7) is 2.48. The molecule has 86 valence electrons. The predicted molar refractivity (Wildman–Crippen MR) is 64.3 cm³/mol. The molecule has 1 heterocycles. The fourth-order valence-electron chi connectivity index (χ4n) is 1.69. The van der Waals surface area contributed by atoms with Gasteiger partial charge in [0.15, 0.2) is 0 Å². The van der Waals surface area contributed by atoms with Gasteiger partial charge in [0.25, 0.3) is 0 Å². The molecule has 0 aliphatic rings. The first-order valence-corrected chi connectivity index (χ1v) is 5.41. The third-order valence-electron chi connectivity index (χ3n) is 2.60. The number of nitrogens with zero attached hydrogens (tertiary/aromatic N) is 2. The van der Waals surface area contributed by atoms with E-state index in [2.05, 4.69) is 28.5 Å². The van der Waals surface area contributed by atoms with E-state index in [4.69, 9.17) is 4.74 Å². The van der Waals surface area contributed by atoms with Crippen LogP contribution < -0.4 is 5.32 Å². The van der Waals surface area contributed by atoms with Crippen molar-refractivity contribution in [2.45, 2.75) is 6.54 Å². The molecule has 2 aromatic rings. The van der Waals surface area contributed by atoms with Crippen molar-refractivity contribution in [1.29, 1.82) is 0 Å². The van der Waals surface area contributed by atoms with E-state index < -0.39 is 0 Å². The van der Waals surface area contributed by atoms with E-state index in [1.165, 1.54) is 11.1 Å². The third kappa shape index (κ3) is 2.40. The summed E-state index contributed by atoms with van der Waals surface area (Å²) in [4.78, 5) is 4.29. The second-order valence-electron chi connectivity index (χ2n) is 3.85. The van der Waals surface area contributed by atoms with Crippen LogP contribution in [0.4, 0.5) is 0 Å². The van der Waals surface area contributed by atoms with E-state index in [0.717, 1.165) is 25.2 Å². The van der Waals surface area contributed by atoms with Gasteiger partial charge >= 0.3 is 0 Å². The van der Waals surface area contributed by atoms with Crippen LogP contribution in [0.1, 0.15) is 5.56 Å². The highest BCUT2D eigenvalue weighted by Crippen LogP contribution is 2.13. The fraction of sp³-hybridized carbons (Fsp3) is 0.417. The van der Waals surface area contributed by atoms with Crippen LogP contribution in [0.2, 0.25) is 0 Å². The Hall–Kier alpha value is -1.39. The van der Waals surface area contributed by atoms with Crippen molar-refractivity contribution >= 4 is 11.0 Å². The Labute approximate surface area is 95.2 Å². The molecule has 0 fully saturated rings. The zero-order valence-corrected chi connectivity index (χ0v) is 9.73. The molecule has 0 saturated heterocycles. The summed E-state index contributed by atoms with van der Waals surface area (Å²) in [5.41, 5.74) is 3.49. The van der Waals surface area contributed by atoms with Gasteiger partial charge in [0.05, 0.1) is 24.0 Å². The number of hydrogen-bond donors (Lipinski definition) is 1. The van der Waals surface area contributed by atoms with Crippen LogP contribution in [0.5, 0.6) is 0 Å². The molecule has 1 aromatic heterocycles. The van der Waals surface area contributed by atoms with Crippen molar-refractivity contribution in [3.05, 3.63) is 30.1 Å². The highest BCUT2D eigenvalue weighted by atomic mass is 16.5. The van der Waals surface area contributed by atoms with Crippen molar-refractivity contribution < 1.29 is 4.74 Å². The number of methoxy groups -OCH3 is 1. The molecule has 4 nitrogen and oxygen atoms in total. The molecule has 4 heteroatoms. The summed E-state index contributed by atoms with van der Waals surface area (Å²) in [5.74, 6) is 0. The Kier molecular flexibility index (Phi) is 3.54. The Morgan fingerprint density at radius 2 is 2.31 bits per heavy atom. The molecule has 2 rings (SSSR count). The maximum absolute atomic E-state index is 4.98. The predicted octanol–water partition coefficient (Wildman–Crippen LogP) is 1.31. The minimum absolute atomic E-state index is 0.744. The molecular formula is C12H17N3O. The molecule has 0 bridgehead atoms. The Balaban J connectivity index is 2.04. The Morgan fingerprint density at radius 3 is 3.12 bits per heavy atom. The first-order chi connectivity index (χ1) is 7.81. The van der Waals surface area contributed by atoms with Gasteiger partial charge in [0.2, 0.25) is 0 Å². The van der Waals surface area contributed by atoms with Crippen LogP contribution >= 0.6 is 0 Å². The number of benzene rings is 1. The van der Waals surface area contributed by atoms with Crippen molar-refractivity contribution in [1.82, 2.24) is 14.9 Å². The number of ether oxygens (including phenoxy) is 1. The van der Waals surface area contributed by atoms with Gasteiger partial charge in [-0.25, -0.2) is 4.98 Å². The van der Waals surface area contributed by atoms with E-state index in [1.807, 2.05) is 17.9 Å². The van der Waals surface area contributed by atoms with Gasteiger partial charge in [-0.1, -0.05) is 6.07 Å². The van der Waals surface area contributed by atoms with E-state index in [-0.39, 0.29) is 0 Å². The van der Waals surface area contributed by atoms with Crippen molar-refractivity contribution in [2.75, 3.05) is 20.3 Å². The van der Waals surface area contributed by atoms with Gasteiger partial charge in [0.1, 0.15) is 0 Å². The van der Waals surface area contributed by atoms with Crippen molar-refractivity contribution in [3.8, 4) is 0 Å². The monoisotopic (exact) mass is 219 g/mol. The molecule has 0 aliphatic carbocycles. The number of hydrogen-bond acceptors (Lipinski definition) is 3. The summed E-state index contributed by atoms with van der Waals surface area (Å²) >= 11 is 0. The standard InChI is InChI=1S/C12H17N3O/c1-15-9-14-11-4-3-10(7-12(11)15)8-13-5-6-16-2/h3-4,7,9,13H,5-6,8H2,1-2H3. The Morgan fingerprint density at radius 1 is 1.44 bits per heavy atom. The smallest absolute Gasteiger partial charge is 0.0955 e. The minimum atomic E-state index is 0.744. The van der Waals surface area contributed by atoms with Gasteiger partial charge in [0, 0.05) is 27.2 Å². The lowest BCUT2D eigenvalue weighted by Gasteiger charge is -2.04. The number of fused-ring (bicyclic) bond motifs is 1. The second kappa shape index (κ2) is 5.09. The lowest BCUT2D eigenvalue weighted by Crippen LogP contribution is -2.18. The van der Waals surface area contributed by atoms with Crippen LogP contribution in [0, 0.1) is 0 Å². The molecule has 0 spiro atoms. The van der Waals surface area contributed by atoms with Gasteiger partial charge < -0.3 is 14.6 Å². The summed E-state index contributed by atoms with van der Waals surface area (Å²) in [5, 5.41) is 3.32. The van der Waals surface area contributed by atoms with Crippen LogP contribution in [0.25, 0.3) is 11.0 Å². The van der Waals surface area contributed by atoms with Crippen LogP contribution in [-0.4, -0.2) is 29.8 Å². The summed E-state index contributed by atoms with van der Waals surface area (Å²) < 4.78 is 7.02. The summed E-state index contributed by atoms with van der Waals surface area (Å²) in [6, 6.07) is 6.33. The van der Waals surface area contributed by atoms with Crippen LogP contribution in [0.15, 0.2) is 24.5 Å². The van der Waals surface area contributed by atoms with E-state index in [1.54, 1.807) is 7.11 Å². The lowest BCUT2D eigenvalue weighted by molar-refractivity contribution is 0.199. The first-order valence-electron chi connectivity index (χ1n) is 5.41. The quantitative estimate of drug-likeness (QED) is 0.771. The second-order valence-corrected chi connectivity index (χ2v) is 3.85. The van der Waals surface area contributed by atoms with Gasteiger partial charge in [-0.3, -0.25) is 0 Å². The number of nitrogens with one attached hydrogen (secondary N) is 1. The molecule has 0 atom stereocenters. The summed E-state index contributed by atoms with van der Waals surface area (Å²) in [7, 11) is 3.72. The van der Waals surface area contributed by atoms with Gasteiger partial charge in [-0.15, -0.1) is 0 Å². The number of imidazole rings is 1. The number of rotatable bonds is 5. The Bertz CT molecular complexity index is 464. The molecule has 0 saturated carbocycles. The summed E-state index contributed by atoms with van der Waals surface area (Å²) in [6.07, 6.45) is 1.84. The lowest BCUT2D eigenvalue weighted by atomic mass is 10.2. The van der Waals surface area contributed by atoms with Crippen molar-refractivity contribution in [2.24, 2.45) is 7.05 Å². The van der Waals surface area contributed by atoms with Gasteiger partial charge in [-0.05, 0) is 17.7 Å². The molecule has 0 unspecified atom stereocenters. The van der Waals surface area contributed by atoms with Gasteiger partial charge in [-0.2, -0.15) is 0 Å². The van der Waals surface area contributed by atoms with Crippen LogP contribution in [0.3, 0.4) is 0 Å². The largest absolute Gasteiger partial charge is 0.383 e.